The topological polar surface area (TPSA) is 227 Å². The fourth-order valence-corrected chi connectivity index (χ4v) is 6.25. The first kappa shape index (κ1) is 49.8. The van der Waals surface area contributed by atoms with Crippen LogP contribution in [0, 0.1) is 0 Å². The summed E-state index contributed by atoms with van der Waals surface area (Å²) >= 11 is 0. The summed E-state index contributed by atoms with van der Waals surface area (Å²) in [5, 5.41) is 20.6. The lowest BCUT2D eigenvalue weighted by Crippen LogP contribution is -2.41. The predicted molar refractivity (Wildman–Crippen MR) is 204 cm³/mol. The molecule has 0 heterocycles. The van der Waals surface area contributed by atoms with Crippen molar-refractivity contribution in [3.05, 3.63) is 0 Å². The lowest BCUT2D eigenvalue weighted by Gasteiger charge is -2.14. The molecule has 0 saturated heterocycles. The van der Waals surface area contributed by atoms with Crippen molar-refractivity contribution >= 4 is 48.6 Å². The van der Waals surface area contributed by atoms with Crippen LogP contribution in [0.5, 0.6) is 0 Å². The van der Waals surface area contributed by atoms with Gasteiger partial charge in [0.1, 0.15) is 12.6 Å². The Labute approximate surface area is 313 Å². The number of carbonyl (C=O) groups is 5. The zero-order valence-electron chi connectivity index (χ0n) is 31.3. The van der Waals surface area contributed by atoms with Crippen molar-refractivity contribution in [3.8, 4) is 0 Å². The highest BCUT2D eigenvalue weighted by atomic mass is 32.2. The Morgan fingerprint density at radius 3 is 1.75 bits per heavy atom. The first-order valence-electron chi connectivity index (χ1n) is 19.0. The van der Waals surface area contributed by atoms with E-state index in [1.54, 1.807) is 0 Å². The minimum Gasteiger partial charge on any atom is -0.480 e. The molecule has 0 aromatic carbocycles. The highest BCUT2D eigenvalue weighted by Gasteiger charge is 2.21. The summed E-state index contributed by atoms with van der Waals surface area (Å²) in [4.78, 5) is 59.4. The van der Waals surface area contributed by atoms with Crippen molar-refractivity contribution in [3.63, 3.8) is 0 Å². The summed E-state index contributed by atoms with van der Waals surface area (Å²) in [7, 11) is -1.64. The van der Waals surface area contributed by atoms with Gasteiger partial charge in [-0.25, -0.2) is 4.79 Å². The molecule has 3 amide bonds. The molecule has 304 valence electrons. The zero-order chi connectivity index (χ0) is 38.9. The van der Waals surface area contributed by atoms with Gasteiger partial charge >= 0.3 is 5.97 Å². The summed E-state index contributed by atoms with van der Waals surface area (Å²) in [6, 6.07) is -1.31. The summed E-state index contributed by atoms with van der Waals surface area (Å²) in [6.45, 7) is 3.97. The Bertz CT molecular complexity index is 1100. The van der Waals surface area contributed by atoms with Gasteiger partial charge in [-0.15, -0.1) is 0 Å². The molecule has 0 aromatic rings. The molecule has 0 saturated carbocycles. The Kier molecular flexibility index (Phi) is 31.9. The lowest BCUT2D eigenvalue weighted by atomic mass is 10.0. The minimum absolute atomic E-state index is 0.0220. The normalized spacial score (nSPS) is 12.6. The lowest BCUT2D eigenvalue weighted by molar-refractivity contribution is -0.142. The van der Waals surface area contributed by atoms with E-state index in [0.717, 1.165) is 83.6 Å². The minimum atomic E-state index is -3.84. The maximum atomic E-state index is 12.3. The average molecular weight is 783 g/mol. The van der Waals surface area contributed by atoms with Crippen LogP contribution in [0.2, 0.25) is 0 Å². The van der Waals surface area contributed by atoms with Crippen LogP contribution in [0.4, 0.5) is 0 Å². The molecular formula is C35H67N4O11PS. The number of nitrogens with one attached hydrogen (secondary N) is 4. The molecule has 0 radical (unpaired) electrons. The number of carbonyl (C=O) groups excluding carboxylic acids is 4. The second kappa shape index (κ2) is 33.3. The van der Waals surface area contributed by atoms with E-state index < -0.39 is 22.1 Å². The molecule has 1 unspecified atom stereocenters. The molecule has 0 aliphatic carbocycles. The van der Waals surface area contributed by atoms with E-state index >= 15 is 0 Å². The molecule has 6 N–H and O–H groups in total. The molecule has 0 aliphatic heterocycles. The van der Waals surface area contributed by atoms with Crippen molar-refractivity contribution in [2.45, 2.75) is 141 Å². The molecular weight excluding hydrogens is 715 g/mol. The van der Waals surface area contributed by atoms with Crippen molar-refractivity contribution in [2.75, 3.05) is 51.8 Å². The molecule has 0 bridgehead atoms. The van der Waals surface area contributed by atoms with Crippen molar-refractivity contribution in [1.29, 1.82) is 0 Å². The molecule has 3 atom stereocenters. The van der Waals surface area contributed by atoms with Gasteiger partial charge in [0.05, 0.1) is 31.6 Å². The van der Waals surface area contributed by atoms with Crippen LogP contribution in [0.15, 0.2) is 0 Å². The molecule has 0 aromatic heterocycles. The number of unbranched alkanes of at least 4 members (excludes halogenated alkanes) is 13. The second-order valence-corrected chi connectivity index (χ2v) is 15.1. The van der Waals surface area contributed by atoms with Gasteiger partial charge in [0, 0.05) is 25.9 Å². The van der Waals surface area contributed by atoms with Gasteiger partial charge in [-0.2, -0.15) is 8.42 Å². The third-order valence-electron chi connectivity index (χ3n) is 8.31. The molecule has 0 spiro atoms. The number of hydrogen-bond acceptors (Lipinski definition) is 10. The van der Waals surface area contributed by atoms with E-state index in [9.17, 15) is 37.5 Å². The summed E-state index contributed by atoms with van der Waals surface area (Å²) < 4.78 is 40.8. The van der Waals surface area contributed by atoms with E-state index in [1.807, 2.05) is 6.92 Å². The van der Waals surface area contributed by atoms with E-state index in [2.05, 4.69) is 30.5 Å². The molecule has 0 aliphatic rings. The van der Waals surface area contributed by atoms with Gasteiger partial charge < -0.3 is 35.8 Å². The van der Waals surface area contributed by atoms with E-state index in [-0.39, 0.29) is 87.3 Å². The maximum absolute atomic E-state index is 12.3. The number of likely N-dealkylation sites (N-methyl/N-ethyl adjacent to an activating group) is 1. The number of rotatable bonds is 37. The average Bonchev–Trinajstić information content (AvgIpc) is 3.08. The maximum Gasteiger partial charge on any atom is 0.326 e. The van der Waals surface area contributed by atoms with Gasteiger partial charge in [0.2, 0.25) is 17.7 Å². The zero-order valence-corrected chi connectivity index (χ0v) is 33.3. The molecule has 17 heteroatoms. The van der Waals surface area contributed by atoms with Crippen LogP contribution >= 0.6 is 9.24 Å². The monoisotopic (exact) mass is 782 g/mol. The third-order valence-corrected chi connectivity index (χ3v) is 9.52. The van der Waals surface area contributed by atoms with E-state index in [0.29, 0.717) is 25.8 Å². The molecule has 52 heavy (non-hydrogen) atoms. The Morgan fingerprint density at radius 1 is 0.635 bits per heavy atom. The molecule has 15 nitrogen and oxygen atoms in total. The summed E-state index contributed by atoms with van der Waals surface area (Å²) in [5.74, 6) is -2.25. The third kappa shape index (κ3) is 33.6. The Hall–Kier alpha value is -2.23. The van der Waals surface area contributed by atoms with Crippen LogP contribution in [0.25, 0.3) is 0 Å². The highest BCUT2D eigenvalue weighted by Crippen LogP contribution is 2.13. The standard InChI is InChI=1S/C35H67N4O11PS/c1-2-36-30(35(45)51)18-15-16-22-37-33(42)28-50-26-25-49-24-23-38-31(40)21-20-29(34(43)44)39-32(41)19-14-12-10-8-6-4-3-5-7-9-11-13-17-27-52(46,47)48/h29-30,36H,2-28,51H2,1H3,(H,37,42)(H,38,40)(H,39,41)(H,43,44)(H,46,47,48)/t29-,30-/m0/s1. The van der Waals surface area contributed by atoms with Gasteiger partial charge in [-0.3, -0.25) is 23.7 Å². The van der Waals surface area contributed by atoms with Gasteiger partial charge in [0.15, 0.2) is 5.52 Å². The number of amides is 3. The largest absolute Gasteiger partial charge is 0.480 e. The Balaban J connectivity index is 3.74. The smallest absolute Gasteiger partial charge is 0.326 e. The number of hydrogen-bond donors (Lipinski definition) is 6. The van der Waals surface area contributed by atoms with Gasteiger partial charge in [-0.05, 0) is 45.1 Å². The number of carboxylic acid groups (broad SMARTS) is 1. The van der Waals surface area contributed by atoms with Crippen LogP contribution < -0.4 is 21.3 Å². The first-order chi connectivity index (χ1) is 24.9. The van der Waals surface area contributed by atoms with E-state index in [1.165, 1.54) is 6.42 Å². The second-order valence-electron chi connectivity index (χ2n) is 13.0. The summed E-state index contributed by atoms with van der Waals surface area (Å²) in [5.41, 5.74) is 0.0326. The van der Waals surface area contributed by atoms with Crippen molar-refractivity contribution in [2.24, 2.45) is 0 Å². The molecule has 0 rings (SSSR count). The van der Waals surface area contributed by atoms with Crippen LogP contribution in [0.3, 0.4) is 0 Å². The Morgan fingerprint density at radius 2 is 1.19 bits per heavy atom. The molecule has 0 fully saturated rings. The van der Waals surface area contributed by atoms with Crippen LogP contribution in [-0.2, 0) is 43.6 Å². The van der Waals surface area contributed by atoms with Crippen molar-refractivity contribution in [1.82, 2.24) is 21.3 Å². The fourth-order valence-electron chi connectivity index (χ4n) is 5.39. The van der Waals surface area contributed by atoms with Gasteiger partial charge in [-0.1, -0.05) is 86.8 Å². The number of carboxylic acids is 1. The van der Waals surface area contributed by atoms with Crippen LogP contribution in [-0.4, -0.2) is 111 Å². The van der Waals surface area contributed by atoms with Gasteiger partial charge in [0.25, 0.3) is 10.1 Å². The SMILES string of the molecule is CCN[C@@H](CCCCNC(=O)COCCOCCNC(=O)CC[C@H](NC(=O)CCCCCCCCCCCCCCCS(=O)(=O)O)C(=O)O)C(=O)P. The fraction of sp³-hybridized carbons (Fsp3) is 0.857. The van der Waals surface area contributed by atoms with Crippen LogP contribution in [0.1, 0.15) is 129 Å². The highest BCUT2D eigenvalue weighted by molar-refractivity contribution is 7.85. The predicted octanol–water partition coefficient (Wildman–Crippen LogP) is 3.50. The number of ether oxygens (including phenoxy) is 2. The number of aliphatic carboxylic acids is 1. The quantitative estimate of drug-likeness (QED) is 0.0303. The first-order valence-corrected chi connectivity index (χ1v) is 21.2. The van der Waals surface area contributed by atoms with Crippen molar-refractivity contribution < 1.29 is 51.5 Å². The van der Waals surface area contributed by atoms with E-state index in [4.69, 9.17) is 14.0 Å². The summed E-state index contributed by atoms with van der Waals surface area (Å²) in [6.07, 6.45) is 15.2.